The molecule has 1 aromatic heterocycles. The van der Waals surface area contributed by atoms with Gasteiger partial charge in [0.25, 0.3) is 0 Å². The summed E-state index contributed by atoms with van der Waals surface area (Å²) in [5, 5.41) is 0. The molecule has 1 fully saturated rings. The van der Waals surface area contributed by atoms with E-state index in [-0.39, 0.29) is 4.87 Å². The van der Waals surface area contributed by atoms with Crippen molar-refractivity contribution in [2.75, 3.05) is 13.1 Å². The van der Waals surface area contributed by atoms with Crippen molar-refractivity contribution >= 4 is 11.3 Å². The van der Waals surface area contributed by atoms with Gasteiger partial charge >= 0.3 is 4.87 Å². The van der Waals surface area contributed by atoms with E-state index in [1.54, 1.807) is 0 Å². The summed E-state index contributed by atoms with van der Waals surface area (Å²) in [6.07, 6.45) is 5.32. The Morgan fingerprint density at radius 1 is 1.24 bits per heavy atom. The maximum Gasteiger partial charge on any atom is 0.304 e. The highest BCUT2D eigenvalue weighted by molar-refractivity contribution is 7.09. The third-order valence-electron chi connectivity index (χ3n) is 3.40. The van der Waals surface area contributed by atoms with Crippen LogP contribution in [0.15, 0.2) is 4.79 Å². The molecule has 0 amide bonds. The molecule has 3 nitrogen and oxygen atoms in total. The quantitative estimate of drug-likeness (QED) is 0.900. The Hall–Kier alpha value is -0.610. The molecule has 0 spiro atoms. The van der Waals surface area contributed by atoms with Crippen LogP contribution in [-0.2, 0) is 6.54 Å². The van der Waals surface area contributed by atoms with Gasteiger partial charge in [-0.3, -0.25) is 9.69 Å². The standard InChI is InChI=1S/C13H22N2OS/c1-10(2)12-11(17-13(16)14-12)9-15-7-5-3-4-6-8-15/h10H,3-9H2,1-2H3,(H,14,16). The number of hydrogen-bond acceptors (Lipinski definition) is 3. The van der Waals surface area contributed by atoms with Gasteiger partial charge in [0.1, 0.15) is 0 Å². The molecule has 0 radical (unpaired) electrons. The zero-order valence-corrected chi connectivity index (χ0v) is 11.6. The Kier molecular flexibility index (Phi) is 4.40. The third kappa shape index (κ3) is 3.42. The molecule has 0 saturated carbocycles. The Balaban J connectivity index is 2.08. The van der Waals surface area contributed by atoms with Crippen molar-refractivity contribution in [1.29, 1.82) is 0 Å². The van der Waals surface area contributed by atoms with E-state index >= 15 is 0 Å². The van der Waals surface area contributed by atoms with Crippen LogP contribution >= 0.6 is 11.3 Å². The van der Waals surface area contributed by atoms with Crippen molar-refractivity contribution in [3.8, 4) is 0 Å². The summed E-state index contributed by atoms with van der Waals surface area (Å²) in [6, 6.07) is 0. The molecule has 0 aromatic carbocycles. The molecule has 0 unspecified atom stereocenters. The van der Waals surface area contributed by atoms with Gasteiger partial charge < -0.3 is 4.98 Å². The molecule has 1 aliphatic rings. The average Bonchev–Trinajstić information content (AvgIpc) is 2.50. The van der Waals surface area contributed by atoms with Gasteiger partial charge in [0.2, 0.25) is 0 Å². The molecule has 4 heteroatoms. The highest BCUT2D eigenvalue weighted by Crippen LogP contribution is 2.22. The predicted octanol–water partition coefficient (Wildman–Crippen LogP) is 2.94. The van der Waals surface area contributed by atoms with Gasteiger partial charge in [0.05, 0.1) is 0 Å². The number of rotatable bonds is 3. The molecular formula is C13H22N2OS. The molecule has 0 aliphatic carbocycles. The van der Waals surface area contributed by atoms with Gasteiger partial charge in [-0.05, 0) is 31.8 Å². The van der Waals surface area contributed by atoms with Gasteiger partial charge in [-0.15, -0.1) is 0 Å². The van der Waals surface area contributed by atoms with Crippen LogP contribution in [0.25, 0.3) is 0 Å². The maximum atomic E-state index is 11.5. The average molecular weight is 254 g/mol. The lowest BCUT2D eigenvalue weighted by Crippen LogP contribution is -2.24. The number of nitrogens with zero attached hydrogens (tertiary/aromatic N) is 1. The van der Waals surface area contributed by atoms with Crippen LogP contribution in [0, 0.1) is 0 Å². The molecule has 17 heavy (non-hydrogen) atoms. The van der Waals surface area contributed by atoms with E-state index in [4.69, 9.17) is 0 Å². The van der Waals surface area contributed by atoms with E-state index in [1.165, 1.54) is 55.0 Å². The second kappa shape index (κ2) is 5.83. The van der Waals surface area contributed by atoms with Crippen molar-refractivity contribution in [1.82, 2.24) is 9.88 Å². The van der Waals surface area contributed by atoms with Gasteiger partial charge in [-0.25, -0.2) is 0 Å². The SMILES string of the molecule is CC(C)c1[nH]c(=O)sc1CN1CCCCCC1. The maximum absolute atomic E-state index is 11.5. The van der Waals surface area contributed by atoms with Crippen LogP contribution in [0.4, 0.5) is 0 Å². The summed E-state index contributed by atoms with van der Waals surface area (Å²) in [5.41, 5.74) is 1.14. The van der Waals surface area contributed by atoms with E-state index in [2.05, 4.69) is 23.7 Å². The summed E-state index contributed by atoms with van der Waals surface area (Å²) in [7, 11) is 0. The lowest BCUT2D eigenvalue weighted by molar-refractivity contribution is 0.278. The van der Waals surface area contributed by atoms with Crippen molar-refractivity contribution in [3.63, 3.8) is 0 Å². The van der Waals surface area contributed by atoms with Crippen LogP contribution in [0.2, 0.25) is 0 Å². The first-order valence-electron chi connectivity index (χ1n) is 6.61. The molecule has 2 heterocycles. The molecule has 96 valence electrons. The summed E-state index contributed by atoms with van der Waals surface area (Å²) in [6.45, 7) is 7.61. The molecule has 1 N–H and O–H groups in total. The first kappa shape index (κ1) is 12.8. The Bertz CT molecular complexity index is 400. The number of aromatic nitrogens is 1. The second-order valence-corrected chi connectivity index (χ2v) is 6.26. The van der Waals surface area contributed by atoms with Crippen LogP contribution in [0.5, 0.6) is 0 Å². The molecule has 0 atom stereocenters. The van der Waals surface area contributed by atoms with E-state index < -0.39 is 0 Å². The number of H-pyrrole nitrogens is 1. The number of nitrogens with one attached hydrogen (secondary N) is 1. The zero-order valence-electron chi connectivity index (χ0n) is 10.8. The minimum Gasteiger partial charge on any atom is -0.316 e. The Morgan fingerprint density at radius 2 is 1.88 bits per heavy atom. The van der Waals surface area contributed by atoms with E-state index in [1.807, 2.05) is 0 Å². The van der Waals surface area contributed by atoms with E-state index in [0.29, 0.717) is 5.92 Å². The molecule has 1 aromatic rings. The third-order valence-corrected chi connectivity index (χ3v) is 4.28. The lowest BCUT2D eigenvalue weighted by atomic mass is 10.1. The van der Waals surface area contributed by atoms with Crippen molar-refractivity contribution in [2.45, 2.75) is 52.0 Å². The number of hydrogen-bond donors (Lipinski definition) is 1. The zero-order chi connectivity index (χ0) is 12.3. The predicted molar refractivity (Wildman–Crippen MR) is 72.8 cm³/mol. The summed E-state index contributed by atoms with van der Waals surface area (Å²) >= 11 is 1.39. The van der Waals surface area contributed by atoms with Crippen molar-refractivity contribution in [3.05, 3.63) is 20.2 Å². The van der Waals surface area contributed by atoms with Gasteiger partial charge in [0.15, 0.2) is 0 Å². The normalized spacial score (nSPS) is 18.5. The molecule has 2 rings (SSSR count). The van der Waals surface area contributed by atoms with Crippen LogP contribution in [0.1, 0.15) is 56.0 Å². The first-order chi connectivity index (χ1) is 8.16. The molecule has 1 aliphatic heterocycles. The molecular weight excluding hydrogens is 232 g/mol. The fourth-order valence-corrected chi connectivity index (χ4v) is 3.48. The monoisotopic (exact) mass is 254 g/mol. The van der Waals surface area contributed by atoms with Gasteiger partial charge in [-0.2, -0.15) is 0 Å². The highest BCUT2D eigenvalue weighted by atomic mass is 32.1. The second-order valence-electron chi connectivity index (χ2n) is 5.20. The Labute approximate surface area is 107 Å². The summed E-state index contributed by atoms with van der Waals surface area (Å²) in [5.74, 6) is 0.413. The molecule has 1 saturated heterocycles. The summed E-state index contributed by atoms with van der Waals surface area (Å²) < 4.78 is 0. The minimum atomic E-state index is 0.0959. The van der Waals surface area contributed by atoms with Gasteiger partial charge in [0, 0.05) is 17.1 Å². The van der Waals surface area contributed by atoms with E-state index in [0.717, 1.165) is 12.2 Å². The first-order valence-corrected chi connectivity index (χ1v) is 7.42. The minimum absolute atomic E-state index is 0.0959. The fourth-order valence-electron chi connectivity index (χ4n) is 2.45. The van der Waals surface area contributed by atoms with Crippen LogP contribution in [-0.4, -0.2) is 23.0 Å². The van der Waals surface area contributed by atoms with Crippen LogP contribution in [0.3, 0.4) is 0 Å². The summed E-state index contributed by atoms with van der Waals surface area (Å²) in [4.78, 5) is 18.3. The largest absolute Gasteiger partial charge is 0.316 e. The van der Waals surface area contributed by atoms with Crippen molar-refractivity contribution < 1.29 is 0 Å². The highest BCUT2D eigenvalue weighted by Gasteiger charge is 2.16. The smallest absolute Gasteiger partial charge is 0.304 e. The van der Waals surface area contributed by atoms with Crippen molar-refractivity contribution in [2.24, 2.45) is 0 Å². The number of aromatic amines is 1. The Morgan fingerprint density at radius 3 is 2.47 bits per heavy atom. The lowest BCUT2D eigenvalue weighted by Gasteiger charge is -2.19. The van der Waals surface area contributed by atoms with Gasteiger partial charge in [-0.1, -0.05) is 38.0 Å². The molecule has 0 bridgehead atoms. The number of thiazole rings is 1. The number of likely N-dealkylation sites (tertiary alicyclic amines) is 1. The van der Waals surface area contributed by atoms with Crippen LogP contribution < -0.4 is 4.87 Å². The fraction of sp³-hybridized carbons (Fsp3) is 0.769. The topological polar surface area (TPSA) is 36.1 Å². The van der Waals surface area contributed by atoms with E-state index in [9.17, 15) is 4.79 Å².